The number of aliphatic hydroxyl groups is 1. The number of hydrogen-bond donors (Lipinski definition) is 1. The van der Waals surface area contributed by atoms with Gasteiger partial charge in [0.25, 0.3) is 0 Å². The summed E-state index contributed by atoms with van der Waals surface area (Å²) in [5.74, 6) is 0.481. The molecule has 0 amide bonds. The van der Waals surface area contributed by atoms with Crippen LogP contribution in [-0.4, -0.2) is 11.7 Å². The molecule has 0 radical (unpaired) electrons. The molecule has 1 aliphatic rings. The predicted molar refractivity (Wildman–Crippen MR) is 75.3 cm³/mol. The summed E-state index contributed by atoms with van der Waals surface area (Å²) in [5, 5.41) is 11.0. The van der Waals surface area contributed by atoms with Gasteiger partial charge in [-0.3, -0.25) is 0 Å². The van der Waals surface area contributed by atoms with Gasteiger partial charge in [0.2, 0.25) is 0 Å². The van der Waals surface area contributed by atoms with E-state index in [4.69, 9.17) is 4.74 Å². The second-order valence-electron chi connectivity index (χ2n) is 5.11. The van der Waals surface area contributed by atoms with Crippen LogP contribution in [0.3, 0.4) is 0 Å². The molecule has 0 saturated heterocycles. The van der Waals surface area contributed by atoms with Gasteiger partial charge in [-0.25, -0.2) is 4.39 Å². The SMILES string of the molecule is CCC(O)(c1ccc2c(c1)CCO2)c1ccccc1F. The molecule has 0 saturated carbocycles. The first-order chi connectivity index (χ1) is 9.65. The molecule has 0 bridgehead atoms. The fraction of sp³-hybridized carbons (Fsp3) is 0.294. The highest BCUT2D eigenvalue weighted by Crippen LogP contribution is 2.37. The molecular formula is C17H17FO2. The number of halogens is 1. The lowest BCUT2D eigenvalue weighted by atomic mass is 9.83. The van der Waals surface area contributed by atoms with Gasteiger partial charge < -0.3 is 9.84 Å². The van der Waals surface area contributed by atoms with E-state index in [1.54, 1.807) is 18.2 Å². The maximum atomic E-state index is 14.0. The number of fused-ring (bicyclic) bond motifs is 1. The summed E-state index contributed by atoms with van der Waals surface area (Å²) < 4.78 is 19.5. The topological polar surface area (TPSA) is 29.5 Å². The monoisotopic (exact) mass is 272 g/mol. The van der Waals surface area contributed by atoms with Crippen molar-refractivity contribution in [2.24, 2.45) is 0 Å². The second-order valence-corrected chi connectivity index (χ2v) is 5.11. The van der Waals surface area contributed by atoms with Crippen LogP contribution in [0.4, 0.5) is 4.39 Å². The molecule has 104 valence electrons. The van der Waals surface area contributed by atoms with Crippen LogP contribution in [0.15, 0.2) is 42.5 Å². The van der Waals surface area contributed by atoms with E-state index in [2.05, 4.69) is 0 Å². The first kappa shape index (κ1) is 13.1. The third-order valence-corrected chi connectivity index (χ3v) is 4.00. The molecule has 0 aliphatic carbocycles. The van der Waals surface area contributed by atoms with E-state index in [1.807, 2.05) is 25.1 Å². The Labute approximate surface area is 117 Å². The zero-order chi connectivity index (χ0) is 14.2. The lowest BCUT2D eigenvalue weighted by Gasteiger charge is -2.28. The van der Waals surface area contributed by atoms with Crippen molar-refractivity contribution in [3.8, 4) is 5.75 Å². The fourth-order valence-corrected chi connectivity index (χ4v) is 2.79. The van der Waals surface area contributed by atoms with Gasteiger partial charge in [-0.2, -0.15) is 0 Å². The van der Waals surface area contributed by atoms with Gasteiger partial charge in [0.1, 0.15) is 17.2 Å². The molecule has 20 heavy (non-hydrogen) atoms. The molecule has 3 rings (SSSR count). The van der Waals surface area contributed by atoms with Gasteiger partial charge in [0.05, 0.1) is 6.61 Å². The van der Waals surface area contributed by atoms with Crippen molar-refractivity contribution < 1.29 is 14.2 Å². The first-order valence-corrected chi connectivity index (χ1v) is 6.88. The normalized spacial score (nSPS) is 16.4. The Kier molecular flexibility index (Phi) is 3.22. The van der Waals surface area contributed by atoms with Crippen LogP contribution < -0.4 is 4.74 Å². The lowest BCUT2D eigenvalue weighted by Crippen LogP contribution is -2.27. The Morgan fingerprint density at radius 2 is 2.05 bits per heavy atom. The Morgan fingerprint density at radius 1 is 1.25 bits per heavy atom. The number of hydrogen-bond acceptors (Lipinski definition) is 2. The van der Waals surface area contributed by atoms with Crippen molar-refractivity contribution in [1.82, 2.24) is 0 Å². The van der Waals surface area contributed by atoms with Gasteiger partial charge in [0.15, 0.2) is 0 Å². The van der Waals surface area contributed by atoms with Crippen molar-refractivity contribution in [2.75, 3.05) is 6.61 Å². The van der Waals surface area contributed by atoms with Crippen LogP contribution in [0.1, 0.15) is 30.0 Å². The van der Waals surface area contributed by atoms with Crippen LogP contribution in [0.5, 0.6) is 5.75 Å². The van der Waals surface area contributed by atoms with E-state index in [0.717, 1.165) is 17.7 Å². The quantitative estimate of drug-likeness (QED) is 0.928. The zero-order valence-corrected chi connectivity index (χ0v) is 11.4. The van der Waals surface area contributed by atoms with Crippen molar-refractivity contribution >= 4 is 0 Å². The Bertz CT molecular complexity index is 639. The van der Waals surface area contributed by atoms with E-state index in [1.165, 1.54) is 6.07 Å². The van der Waals surface area contributed by atoms with Crippen LogP contribution >= 0.6 is 0 Å². The summed E-state index contributed by atoms with van der Waals surface area (Å²) in [6, 6.07) is 12.0. The summed E-state index contributed by atoms with van der Waals surface area (Å²) >= 11 is 0. The minimum Gasteiger partial charge on any atom is -0.493 e. The standard InChI is InChI=1S/C17H17FO2/c1-2-17(19,14-5-3-4-6-15(14)18)13-7-8-16-12(11-13)9-10-20-16/h3-8,11,19H,2,9-10H2,1H3. The number of ether oxygens (including phenoxy) is 1. The van der Waals surface area contributed by atoms with E-state index in [9.17, 15) is 9.50 Å². The molecule has 1 heterocycles. The maximum absolute atomic E-state index is 14.0. The summed E-state index contributed by atoms with van der Waals surface area (Å²) in [7, 11) is 0. The molecule has 0 spiro atoms. The van der Waals surface area contributed by atoms with E-state index in [-0.39, 0.29) is 5.82 Å². The van der Waals surface area contributed by atoms with E-state index >= 15 is 0 Å². The average Bonchev–Trinajstić information content (AvgIpc) is 2.94. The molecule has 1 N–H and O–H groups in total. The van der Waals surface area contributed by atoms with Crippen LogP contribution in [0.25, 0.3) is 0 Å². The smallest absolute Gasteiger partial charge is 0.129 e. The highest BCUT2D eigenvalue weighted by molar-refractivity contribution is 5.45. The van der Waals surface area contributed by atoms with Gasteiger partial charge in [-0.05, 0) is 35.7 Å². The Balaban J connectivity index is 2.11. The van der Waals surface area contributed by atoms with Gasteiger partial charge >= 0.3 is 0 Å². The molecule has 2 aromatic carbocycles. The fourth-order valence-electron chi connectivity index (χ4n) is 2.79. The number of rotatable bonds is 3. The Morgan fingerprint density at radius 3 is 2.80 bits per heavy atom. The van der Waals surface area contributed by atoms with E-state index in [0.29, 0.717) is 24.2 Å². The van der Waals surface area contributed by atoms with Crippen LogP contribution in [0.2, 0.25) is 0 Å². The molecule has 0 aromatic heterocycles. The summed E-state index contributed by atoms with van der Waals surface area (Å²) in [4.78, 5) is 0. The third-order valence-electron chi connectivity index (χ3n) is 4.00. The number of benzene rings is 2. The van der Waals surface area contributed by atoms with Crippen LogP contribution in [-0.2, 0) is 12.0 Å². The molecule has 1 unspecified atom stereocenters. The maximum Gasteiger partial charge on any atom is 0.129 e. The molecule has 1 atom stereocenters. The third kappa shape index (κ3) is 1.98. The largest absolute Gasteiger partial charge is 0.493 e. The second kappa shape index (κ2) is 4.91. The van der Waals surface area contributed by atoms with Crippen molar-refractivity contribution in [1.29, 1.82) is 0 Å². The Hall–Kier alpha value is -1.87. The van der Waals surface area contributed by atoms with E-state index < -0.39 is 5.60 Å². The highest BCUT2D eigenvalue weighted by Gasteiger charge is 2.33. The molecule has 1 aliphatic heterocycles. The summed E-state index contributed by atoms with van der Waals surface area (Å²) in [5.41, 5.74) is 0.810. The van der Waals surface area contributed by atoms with Crippen molar-refractivity contribution in [3.05, 3.63) is 65.0 Å². The van der Waals surface area contributed by atoms with Crippen molar-refractivity contribution in [2.45, 2.75) is 25.4 Å². The minimum atomic E-state index is -1.30. The average molecular weight is 272 g/mol. The highest BCUT2D eigenvalue weighted by atomic mass is 19.1. The first-order valence-electron chi connectivity index (χ1n) is 6.88. The zero-order valence-electron chi connectivity index (χ0n) is 11.4. The molecule has 3 heteroatoms. The molecular weight excluding hydrogens is 255 g/mol. The van der Waals surface area contributed by atoms with Gasteiger partial charge in [0, 0.05) is 12.0 Å². The molecule has 2 aromatic rings. The predicted octanol–water partition coefficient (Wildman–Crippen LogP) is 3.41. The molecule has 0 fully saturated rings. The van der Waals surface area contributed by atoms with Gasteiger partial charge in [-0.1, -0.05) is 31.2 Å². The lowest BCUT2D eigenvalue weighted by molar-refractivity contribution is 0.0725. The summed E-state index contributed by atoms with van der Waals surface area (Å²) in [6.45, 7) is 2.53. The van der Waals surface area contributed by atoms with Gasteiger partial charge in [-0.15, -0.1) is 0 Å². The van der Waals surface area contributed by atoms with Crippen LogP contribution in [0, 0.1) is 5.82 Å². The molecule has 2 nitrogen and oxygen atoms in total. The minimum absolute atomic E-state index is 0.321. The summed E-state index contributed by atoms with van der Waals surface area (Å²) in [6.07, 6.45) is 1.24. The van der Waals surface area contributed by atoms with Crippen molar-refractivity contribution in [3.63, 3.8) is 0 Å².